The summed E-state index contributed by atoms with van der Waals surface area (Å²) < 4.78 is 5.35. The van der Waals surface area contributed by atoms with E-state index in [1.54, 1.807) is 0 Å². The average molecular weight is 202 g/mol. The van der Waals surface area contributed by atoms with E-state index in [4.69, 9.17) is 9.57 Å². The van der Waals surface area contributed by atoms with E-state index in [9.17, 15) is 0 Å². The van der Waals surface area contributed by atoms with Gasteiger partial charge in [0.25, 0.3) is 0 Å². The van der Waals surface area contributed by atoms with Gasteiger partial charge in [-0.25, -0.2) is 10.5 Å². The van der Waals surface area contributed by atoms with E-state index in [0.717, 1.165) is 23.6 Å². The summed E-state index contributed by atoms with van der Waals surface area (Å²) in [7, 11) is 0. The third kappa shape index (κ3) is 1.44. The number of benzene rings is 1. The fourth-order valence-corrected chi connectivity index (χ4v) is 1.59. The fourth-order valence-electron chi connectivity index (χ4n) is 1.59. The van der Waals surface area contributed by atoms with Crippen LogP contribution in [0.1, 0.15) is 5.56 Å². The molecule has 3 rings (SSSR count). The molecule has 4 nitrogen and oxygen atoms in total. The van der Waals surface area contributed by atoms with Gasteiger partial charge >= 0.3 is 0 Å². The van der Waals surface area contributed by atoms with E-state index in [2.05, 4.69) is 10.5 Å². The van der Waals surface area contributed by atoms with Crippen molar-refractivity contribution in [3.8, 4) is 5.75 Å². The first-order valence-corrected chi connectivity index (χ1v) is 4.85. The smallest absolute Gasteiger partial charge is 0.236 e. The fraction of sp³-hybridized carbons (Fsp3) is 0.182. The number of aliphatic imine (C=N–C) groups is 1. The lowest BCUT2D eigenvalue weighted by molar-refractivity contribution is 0.225. The van der Waals surface area contributed by atoms with Gasteiger partial charge in [-0.2, -0.15) is 0 Å². The van der Waals surface area contributed by atoms with Gasteiger partial charge in [0.2, 0.25) is 5.90 Å². The number of nitrogens with one attached hydrogen (secondary N) is 1. The van der Waals surface area contributed by atoms with E-state index < -0.39 is 0 Å². The summed E-state index contributed by atoms with van der Waals surface area (Å²) in [6.45, 7) is 1.37. The average Bonchev–Trinajstić information content (AvgIpc) is 2.82. The predicted molar refractivity (Wildman–Crippen MR) is 56.4 cm³/mol. The van der Waals surface area contributed by atoms with Crippen molar-refractivity contribution in [1.29, 1.82) is 0 Å². The Balaban J connectivity index is 1.98. The number of hydroxylamine groups is 1. The molecular weight excluding hydrogens is 192 g/mol. The Morgan fingerprint density at radius 3 is 3.07 bits per heavy atom. The number of fused-ring (bicyclic) bond motifs is 1. The summed E-state index contributed by atoms with van der Waals surface area (Å²) in [4.78, 5) is 9.59. The molecule has 0 aromatic heterocycles. The molecule has 1 aromatic rings. The van der Waals surface area contributed by atoms with Crippen LogP contribution < -0.4 is 10.3 Å². The summed E-state index contributed by atoms with van der Waals surface area (Å²) in [6, 6.07) is 7.81. The molecule has 2 heterocycles. The van der Waals surface area contributed by atoms with Crippen molar-refractivity contribution in [1.82, 2.24) is 5.48 Å². The highest BCUT2D eigenvalue weighted by Gasteiger charge is 2.18. The van der Waals surface area contributed by atoms with E-state index in [0.29, 0.717) is 12.5 Å². The van der Waals surface area contributed by atoms with E-state index in [-0.39, 0.29) is 0 Å². The van der Waals surface area contributed by atoms with Crippen molar-refractivity contribution in [3.05, 3.63) is 35.5 Å². The highest BCUT2D eigenvalue weighted by Crippen LogP contribution is 2.24. The molecule has 0 unspecified atom stereocenters. The third-order valence-electron chi connectivity index (χ3n) is 2.31. The Morgan fingerprint density at radius 2 is 2.20 bits per heavy atom. The monoisotopic (exact) mass is 202 g/mol. The van der Waals surface area contributed by atoms with Crippen LogP contribution in [0, 0.1) is 0 Å². The highest BCUT2D eigenvalue weighted by molar-refractivity contribution is 5.98. The van der Waals surface area contributed by atoms with E-state index in [1.807, 2.05) is 30.3 Å². The molecule has 0 fully saturated rings. The maximum absolute atomic E-state index is 5.37. The molecule has 0 atom stereocenters. The van der Waals surface area contributed by atoms with Gasteiger partial charge in [0, 0.05) is 5.56 Å². The van der Waals surface area contributed by atoms with Gasteiger partial charge in [0.15, 0.2) is 5.75 Å². The highest BCUT2D eigenvalue weighted by atomic mass is 16.7. The van der Waals surface area contributed by atoms with Gasteiger partial charge in [0.05, 0.1) is 6.54 Å². The van der Waals surface area contributed by atoms with Crippen molar-refractivity contribution in [2.75, 3.05) is 13.2 Å². The summed E-state index contributed by atoms with van der Waals surface area (Å²) in [6.07, 6.45) is 1.98. The molecule has 0 radical (unpaired) electrons. The molecule has 1 N–H and O–H groups in total. The van der Waals surface area contributed by atoms with Crippen molar-refractivity contribution in [3.63, 3.8) is 0 Å². The molecule has 0 saturated carbocycles. The molecule has 0 aliphatic carbocycles. The second-order valence-electron chi connectivity index (χ2n) is 3.34. The van der Waals surface area contributed by atoms with E-state index >= 15 is 0 Å². The minimum atomic E-state index is 0.629. The lowest BCUT2D eigenvalue weighted by Crippen LogP contribution is -2.27. The molecule has 15 heavy (non-hydrogen) atoms. The first-order chi connectivity index (χ1) is 7.43. The first kappa shape index (κ1) is 8.35. The van der Waals surface area contributed by atoms with Gasteiger partial charge in [-0.3, -0.25) is 0 Å². The Labute approximate surface area is 87.2 Å². The first-order valence-electron chi connectivity index (χ1n) is 4.85. The summed E-state index contributed by atoms with van der Waals surface area (Å²) in [5.41, 5.74) is 4.64. The SMILES string of the molecule is C1=C(C2=NCCO2)NOc2ccccc21. The third-order valence-corrected chi connectivity index (χ3v) is 2.31. The second-order valence-corrected chi connectivity index (χ2v) is 3.34. The lowest BCUT2D eigenvalue weighted by atomic mass is 10.1. The standard InChI is InChI=1S/C11H10N2O2/c1-2-4-10-8(3-1)7-9(13-15-10)11-12-5-6-14-11/h1-4,7,13H,5-6H2. The number of nitrogens with zero attached hydrogens (tertiary/aromatic N) is 1. The molecule has 0 saturated heterocycles. The van der Waals surface area contributed by atoms with Crippen LogP contribution in [-0.2, 0) is 4.74 Å². The molecule has 4 heteroatoms. The zero-order valence-corrected chi connectivity index (χ0v) is 8.06. The van der Waals surface area contributed by atoms with Crippen LogP contribution in [0.25, 0.3) is 6.08 Å². The van der Waals surface area contributed by atoms with Gasteiger partial charge in [0.1, 0.15) is 12.3 Å². The second kappa shape index (κ2) is 3.31. The molecule has 0 bridgehead atoms. The number of hydrogen-bond donors (Lipinski definition) is 1. The summed E-state index contributed by atoms with van der Waals surface area (Å²) >= 11 is 0. The van der Waals surface area contributed by atoms with Crippen molar-refractivity contribution < 1.29 is 9.57 Å². The number of para-hydroxylation sites is 1. The van der Waals surface area contributed by atoms with Crippen molar-refractivity contribution in [2.45, 2.75) is 0 Å². The molecule has 0 spiro atoms. The number of ether oxygens (including phenoxy) is 1. The van der Waals surface area contributed by atoms with Gasteiger partial charge in [-0.15, -0.1) is 0 Å². The Hall–Kier alpha value is -1.97. The Morgan fingerprint density at radius 1 is 1.27 bits per heavy atom. The molecule has 0 amide bonds. The zero-order valence-electron chi connectivity index (χ0n) is 8.06. The van der Waals surface area contributed by atoms with E-state index in [1.165, 1.54) is 0 Å². The lowest BCUT2D eigenvalue weighted by Gasteiger charge is -2.18. The van der Waals surface area contributed by atoms with Crippen molar-refractivity contribution in [2.24, 2.45) is 4.99 Å². The topological polar surface area (TPSA) is 42.8 Å². The van der Waals surface area contributed by atoms with Gasteiger partial charge < -0.3 is 9.57 Å². The van der Waals surface area contributed by atoms with Crippen LogP contribution in [0.15, 0.2) is 35.0 Å². The molecule has 1 aromatic carbocycles. The summed E-state index contributed by atoms with van der Waals surface area (Å²) in [5.74, 6) is 1.45. The van der Waals surface area contributed by atoms with Crippen LogP contribution in [0.2, 0.25) is 0 Å². The Kier molecular flexibility index (Phi) is 1.84. The minimum absolute atomic E-state index is 0.629. The number of rotatable bonds is 1. The van der Waals surface area contributed by atoms with Crippen LogP contribution in [0.4, 0.5) is 0 Å². The summed E-state index contributed by atoms with van der Waals surface area (Å²) in [5, 5.41) is 0. The minimum Gasteiger partial charge on any atom is -0.474 e. The maximum Gasteiger partial charge on any atom is 0.236 e. The molecule has 2 aliphatic rings. The largest absolute Gasteiger partial charge is 0.474 e. The maximum atomic E-state index is 5.37. The predicted octanol–water partition coefficient (Wildman–Crippen LogP) is 1.35. The van der Waals surface area contributed by atoms with Crippen LogP contribution in [-0.4, -0.2) is 19.0 Å². The normalized spacial score (nSPS) is 17.9. The van der Waals surface area contributed by atoms with Crippen LogP contribution in [0.3, 0.4) is 0 Å². The van der Waals surface area contributed by atoms with Crippen molar-refractivity contribution >= 4 is 12.0 Å². The van der Waals surface area contributed by atoms with Crippen LogP contribution >= 0.6 is 0 Å². The van der Waals surface area contributed by atoms with Gasteiger partial charge in [-0.05, 0) is 12.1 Å². The molecule has 76 valence electrons. The zero-order chi connectivity index (χ0) is 10.1. The van der Waals surface area contributed by atoms with Gasteiger partial charge in [-0.1, -0.05) is 18.2 Å². The quantitative estimate of drug-likeness (QED) is 0.747. The molecular formula is C11H10N2O2. The molecule has 2 aliphatic heterocycles. The van der Waals surface area contributed by atoms with Crippen LogP contribution in [0.5, 0.6) is 5.75 Å². The Bertz CT molecular complexity index is 452. The number of hydrogen-bond acceptors (Lipinski definition) is 4.